The molecule has 0 radical (unpaired) electrons. The Hall–Kier alpha value is -7.20. The van der Waals surface area contributed by atoms with Crippen LogP contribution in [0.1, 0.15) is 68.7 Å². The molecule has 0 saturated carbocycles. The molecule has 5 aromatic rings. The number of carbonyl (C=O) groups excluding carboxylic acids is 6. The van der Waals surface area contributed by atoms with Gasteiger partial charge in [-0.3, -0.25) is 24.0 Å². The monoisotopic (exact) mass is 927 g/mol. The number of H-pyrrole nitrogens is 1. The number of benzene rings is 4. The molecule has 6 N–H and O–H groups in total. The van der Waals surface area contributed by atoms with Crippen LogP contribution in [0, 0.1) is 0 Å². The summed E-state index contributed by atoms with van der Waals surface area (Å²) in [6.07, 6.45) is 2.93. The van der Waals surface area contributed by atoms with E-state index in [4.69, 9.17) is 19.9 Å². The number of nitrogens with zero attached hydrogens (tertiary/aromatic N) is 2. The van der Waals surface area contributed by atoms with E-state index in [9.17, 15) is 28.8 Å². The van der Waals surface area contributed by atoms with Gasteiger partial charge in [0.1, 0.15) is 48.2 Å². The van der Waals surface area contributed by atoms with Crippen molar-refractivity contribution in [1.82, 2.24) is 30.7 Å². The Morgan fingerprint density at radius 1 is 0.691 bits per heavy atom. The van der Waals surface area contributed by atoms with Crippen LogP contribution in [0.3, 0.4) is 0 Å². The van der Waals surface area contributed by atoms with Gasteiger partial charge in [-0.05, 0) is 86.9 Å². The smallest absolute Gasteiger partial charge is 0.408 e. The second-order valence-corrected chi connectivity index (χ2v) is 18.3. The number of nitrogens with one attached hydrogen (secondary N) is 4. The van der Waals surface area contributed by atoms with Crippen LogP contribution in [0.2, 0.25) is 0 Å². The Kier molecular flexibility index (Phi) is 16.1. The molecule has 2 aliphatic rings. The minimum Gasteiger partial charge on any atom is -0.489 e. The van der Waals surface area contributed by atoms with E-state index in [2.05, 4.69) is 20.9 Å². The molecule has 2 saturated heterocycles. The number of rotatable bonds is 19. The summed E-state index contributed by atoms with van der Waals surface area (Å²) in [7, 11) is 0. The third-order valence-electron chi connectivity index (χ3n) is 12.0. The van der Waals surface area contributed by atoms with Crippen LogP contribution in [0.25, 0.3) is 10.9 Å². The number of primary amides is 1. The maximum Gasteiger partial charge on any atom is 0.408 e. The number of hydrogen-bond acceptors (Lipinski definition) is 9. The zero-order valence-corrected chi connectivity index (χ0v) is 38.8. The number of alkyl carbamates (subject to hydrolysis) is 1. The van der Waals surface area contributed by atoms with Crippen molar-refractivity contribution in [1.29, 1.82) is 0 Å². The van der Waals surface area contributed by atoms with Crippen LogP contribution in [-0.2, 0) is 59.5 Å². The second-order valence-electron chi connectivity index (χ2n) is 18.3. The number of hydrogen-bond donors (Lipinski definition) is 5. The summed E-state index contributed by atoms with van der Waals surface area (Å²) >= 11 is 0. The van der Waals surface area contributed by atoms with E-state index < -0.39 is 71.4 Å². The van der Waals surface area contributed by atoms with Crippen LogP contribution in [0.5, 0.6) is 5.75 Å². The SMILES string of the molecule is CC(C)(C)OC(=O)N[C@@H](Cc1c[nH]c2ccccc12)C(=O)N1CCC[C@H]1C(=O)N1CCC[C@H]1C(=O)N[C@@H](Cc1ccc(OCc2ccccc2)cc1)C(=O)N[C@@H](COCc1ccccc1)C(N)=O. The molecule has 0 aliphatic carbocycles. The Balaban J connectivity index is 1.06. The summed E-state index contributed by atoms with van der Waals surface area (Å²) in [6, 6.07) is 28.5. The van der Waals surface area contributed by atoms with E-state index >= 15 is 0 Å². The lowest BCUT2D eigenvalue weighted by atomic mass is 10.0. The summed E-state index contributed by atoms with van der Waals surface area (Å²) in [5, 5.41) is 9.25. The van der Waals surface area contributed by atoms with Gasteiger partial charge in [-0.2, -0.15) is 0 Å². The normalized spacial score (nSPS) is 17.2. The molecule has 7 rings (SSSR count). The van der Waals surface area contributed by atoms with Gasteiger partial charge in [-0.25, -0.2) is 4.79 Å². The van der Waals surface area contributed by atoms with E-state index in [0.29, 0.717) is 43.6 Å². The van der Waals surface area contributed by atoms with E-state index in [1.54, 1.807) is 51.2 Å². The highest BCUT2D eigenvalue weighted by Crippen LogP contribution is 2.28. The van der Waals surface area contributed by atoms with E-state index in [-0.39, 0.29) is 39.1 Å². The Bertz CT molecular complexity index is 2530. The highest BCUT2D eigenvalue weighted by Gasteiger charge is 2.44. The molecule has 3 heterocycles. The summed E-state index contributed by atoms with van der Waals surface area (Å²) in [5.41, 5.74) is 9.15. The molecule has 68 heavy (non-hydrogen) atoms. The van der Waals surface area contributed by atoms with Crippen molar-refractivity contribution in [2.75, 3.05) is 19.7 Å². The number of para-hydroxylation sites is 1. The number of ether oxygens (including phenoxy) is 3. The molecular formula is C52H61N7O9. The van der Waals surface area contributed by atoms with Crippen molar-refractivity contribution in [2.45, 2.75) is 108 Å². The number of nitrogens with two attached hydrogens (primary N) is 1. The van der Waals surface area contributed by atoms with Crippen molar-refractivity contribution in [3.8, 4) is 5.75 Å². The summed E-state index contributed by atoms with van der Waals surface area (Å²) in [5.74, 6) is -2.28. The molecule has 0 unspecified atom stereocenters. The van der Waals surface area contributed by atoms with E-state index in [0.717, 1.165) is 27.6 Å². The molecule has 1 aromatic heterocycles. The lowest BCUT2D eigenvalue weighted by Crippen LogP contribution is -2.59. The van der Waals surface area contributed by atoms with Crippen molar-refractivity contribution < 1.29 is 43.0 Å². The average molecular weight is 928 g/mol. The molecule has 16 heteroatoms. The minimum absolute atomic E-state index is 0.0287. The number of carbonyl (C=O) groups is 6. The van der Waals surface area contributed by atoms with E-state index in [1.165, 1.54) is 9.80 Å². The number of amides is 6. The third kappa shape index (κ3) is 13.0. The minimum atomic E-state index is -1.21. The van der Waals surface area contributed by atoms with Crippen LogP contribution >= 0.6 is 0 Å². The highest BCUT2D eigenvalue weighted by atomic mass is 16.6. The van der Waals surface area contributed by atoms with Crippen molar-refractivity contribution >= 4 is 46.5 Å². The summed E-state index contributed by atoms with van der Waals surface area (Å²) < 4.78 is 17.3. The lowest BCUT2D eigenvalue weighted by molar-refractivity contribution is -0.147. The van der Waals surface area contributed by atoms with Gasteiger partial charge in [0, 0.05) is 43.0 Å². The number of likely N-dealkylation sites (tertiary alicyclic amines) is 2. The van der Waals surface area contributed by atoms with Gasteiger partial charge < -0.3 is 50.7 Å². The van der Waals surface area contributed by atoms with Crippen LogP contribution in [-0.4, -0.2) is 106 Å². The zero-order chi connectivity index (χ0) is 48.2. The molecule has 358 valence electrons. The number of fused-ring (bicyclic) bond motifs is 1. The van der Waals surface area contributed by atoms with Gasteiger partial charge in [-0.15, -0.1) is 0 Å². The lowest BCUT2D eigenvalue weighted by Gasteiger charge is -2.33. The average Bonchev–Trinajstić information content (AvgIpc) is 4.11. The standard InChI is InChI=1S/C52H61N7O9/c1-52(2,3)68-51(65)57-42(29-37-30-54-40-19-11-10-18-39(37)40)49(63)59-27-13-21-45(59)50(64)58-26-12-20-44(58)48(62)55-41(28-34-22-24-38(25-23-34)67-32-36-16-8-5-9-17-36)47(61)56-43(46(53)60)33-66-31-35-14-6-4-7-15-35/h4-11,14-19,22-25,30,41-45,54H,12-13,20-21,26-29,31-33H2,1-3H3,(H2,53,60)(H,55,62)(H,56,61)(H,57,65)/t41-,42-,43-,44-,45-/m0/s1. The molecule has 2 aliphatic heterocycles. The first-order valence-corrected chi connectivity index (χ1v) is 23.2. The molecule has 0 spiro atoms. The summed E-state index contributed by atoms with van der Waals surface area (Å²) in [4.78, 5) is 89.6. The summed E-state index contributed by atoms with van der Waals surface area (Å²) in [6.45, 7) is 6.07. The highest BCUT2D eigenvalue weighted by molar-refractivity contribution is 5.97. The second kappa shape index (κ2) is 22.5. The molecular weight excluding hydrogens is 867 g/mol. The van der Waals surface area contributed by atoms with Crippen LogP contribution in [0.15, 0.2) is 115 Å². The first-order valence-electron chi connectivity index (χ1n) is 23.2. The van der Waals surface area contributed by atoms with Crippen molar-refractivity contribution in [3.05, 3.63) is 138 Å². The van der Waals surface area contributed by atoms with Gasteiger partial charge in [0.05, 0.1) is 13.2 Å². The van der Waals surface area contributed by atoms with Gasteiger partial charge in [0.15, 0.2) is 0 Å². The predicted octanol–water partition coefficient (Wildman–Crippen LogP) is 5.08. The van der Waals surface area contributed by atoms with Crippen LogP contribution in [0.4, 0.5) is 4.79 Å². The first-order chi connectivity index (χ1) is 32.7. The van der Waals surface area contributed by atoms with Crippen molar-refractivity contribution in [3.63, 3.8) is 0 Å². The quantitative estimate of drug-likeness (QED) is 0.0746. The maximum absolute atomic E-state index is 14.6. The van der Waals surface area contributed by atoms with Crippen molar-refractivity contribution in [2.24, 2.45) is 5.73 Å². The Morgan fingerprint density at radius 2 is 1.32 bits per heavy atom. The van der Waals surface area contributed by atoms with Gasteiger partial charge in [-0.1, -0.05) is 91.0 Å². The molecule has 2 fully saturated rings. The maximum atomic E-state index is 14.6. The molecule has 0 bridgehead atoms. The molecule has 6 amide bonds. The topological polar surface area (TPSA) is 214 Å². The van der Waals surface area contributed by atoms with Gasteiger partial charge in [0.25, 0.3) is 0 Å². The fourth-order valence-electron chi connectivity index (χ4n) is 8.66. The Labute approximate surface area is 396 Å². The largest absolute Gasteiger partial charge is 0.489 e. The van der Waals surface area contributed by atoms with Gasteiger partial charge in [0.2, 0.25) is 29.5 Å². The third-order valence-corrected chi connectivity index (χ3v) is 12.0. The van der Waals surface area contributed by atoms with E-state index in [1.807, 2.05) is 84.9 Å². The molecule has 4 aromatic carbocycles. The fraction of sp³-hybridized carbons (Fsp3) is 0.385. The zero-order valence-electron chi connectivity index (χ0n) is 38.8. The molecule has 5 atom stereocenters. The fourth-order valence-corrected chi connectivity index (χ4v) is 8.66. The number of aromatic nitrogens is 1. The van der Waals surface area contributed by atoms with Crippen LogP contribution < -0.4 is 26.4 Å². The number of aromatic amines is 1. The predicted molar refractivity (Wildman–Crippen MR) is 255 cm³/mol. The van der Waals surface area contributed by atoms with Gasteiger partial charge >= 0.3 is 6.09 Å². The molecule has 16 nitrogen and oxygen atoms in total. The Morgan fingerprint density at radius 3 is 2.00 bits per heavy atom. The first kappa shape index (κ1) is 48.7.